The first kappa shape index (κ1) is 19.5. The van der Waals surface area contributed by atoms with Gasteiger partial charge in [0.05, 0.1) is 6.04 Å². The van der Waals surface area contributed by atoms with E-state index in [2.05, 4.69) is 43.2 Å². The standard InChI is InChI=1S/C19H33N3O/c1-6-22(7-2)18(13-15(3)4)14-20-19(23)21-16(5)17-11-9-8-10-12-17/h8-12,15-16,18H,6-7,13-14H2,1-5H3,(H2,20,21,23). The van der Waals surface area contributed by atoms with Gasteiger partial charge in [-0.3, -0.25) is 4.90 Å². The van der Waals surface area contributed by atoms with Gasteiger partial charge in [-0.25, -0.2) is 4.79 Å². The largest absolute Gasteiger partial charge is 0.337 e. The van der Waals surface area contributed by atoms with E-state index in [0.717, 1.165) is 25.1 Å². The van der Waals surface area contributed by atoms with E-state index in [9.17, 15) is 4.79 Å². The first-order valence-electron chi connectivity index (χ1n) is 8.81. The zero-order chi connectivity index (χ0) is 17.2. The van der Waals surface area contributed by atoms with Gasteiger partial charge in [0.25, 0.3) is 0 Å². The van der Waals surface area contributed by atoms with Crippen LogP contribution < -0.4 is 10.6 Å². The van der Waals surface area contributed by atoms with E-state index in [1.165, 1.54) is 0 Å². The van der Waals surface area contributed by atoms with E-state index in [-0.39, 0.29) is 12.1 Å². The van der Waals surface area contributed by atoms with Crippen molar-refractivity contribution >= 4 is 6.03 Å². The van der Waals surface area contributed by atoms with Crippen LogP contribution in [0.4, 0.5) is 4.79 Å². The third-order valence-corrected chi connectivity index (χ3v) is 4.22. The minimum Gasteiger partial charge on any atom is -0.337 e. The van der Waals surface area contributed by atoms with E-state index in [1.807, 2.05) is 37.3 Å². The predicted octanol–water partition coefficient (Wildman–Crippen LogP) is 3.80. The number of carbonyl (C=O) groups is 1. The molecular formula is C19H33N3O. The number of likely N-dealkylation sites (N-methyl/N-ethyl adjacent to an activating group) is 1. The summed E-state index contributed by atoms with van der Waals surface area (Å²) in [6, 6.07) is 10.3. The lowest BCUT2D eigenvalue weighted by atomic mass is 10.0. The second kappa shape index (κ2) is 10.3. The highest BCUT2D eigenvalue weighted by atomic mass is 16.2. The van der Waals surface area contributed by atoms with Crippen LogP contribution in [0.25, 0.3) is 0 Å². The maximum atomic E-state index is 12.2. The van der Waals surface area contributed by atoms with Crippen molar-refractivity contribution < 1.29 is 4.79 Å². The summed E-state index contributed by atoms with van der Waals surface area (Å²) in [5, 5.41) is 6.06. The molecule has 0 spiro atoms. The minimum atomic E-state index is -0.0951. The quantitative estimate of drug-likeness (QED) is 0.727. The number of amides is 2. The molecule has 0 aliphatic carbocycles. The van der Waals surface area contributed by atoms with Crippen molar-refractivity contribution in [2.75, 3.05) is 19.6 Å². The Bertz CT molecular complexity index is 443. The van der Waals surface area contributed by atoms with Gasteiger partial charge in [0.2, 0.25) is 0 Å². The maximum Gasteiger partial charge on any atom is 0.315 e. The van der Waals surface area contributed by atoms with E-state index in [4.69, 9.17) is 0 Å². The van der Waals surface area contributed by atoms with Crippen LogP contribution in [-0.4, -0.2) is 36.6 Å². The molecule has 0 bridgehead atoms. The molecule has 0 radical (unpaired) electrons. The van der Waals surface area contributed by atoms with Crippen molar-refractivity contribution in [3.05, 3.63) is 35.9 Å². The Hall–Kier alpha value is -1.55. The molecule has 23 heavy (non-hydrogen) atoms. The second-order valence-corrected chi connectivity index (χ2v) is 6.49. The average molecular weight is 319 g/mol. The fourth-order valence-electron chi connectivity index (χ4n) is 2.93. The molecule has 4 nitrogen and oxygen atoms in total. The number of carbonyl (C=O) groups excluding carboxylic acids is 1. The Kier molecular flexibility index (Phi) is 8.70. The number of hydrogen-bond acceptors (Lipinski definition) is 2. The van der Waals surface area contributed by atoms with Gasteiger partial charge in [-0.2, -0.15) is 0 Å². The normalized spacial score (nSPS) is 13.9. The van der Waals surface area contributed by atoms with E-state index >= 15 is 0 Å². The average Bonchev–Trinajstić information content (AvgIpc) is 2.53. The van der Waals surface area contributed by atoms with Crippen LogP contribution in [-0.2, 0) is 0 Å². The first-order chi connectivity index (χ1) is 11.0. The molecule has 0 saturated carbocycles. The molecule has 2 amide bonds. The fraction of sp³-hybridized carbons (Fsp3) is 0.632. The van der Waals surface area contributed by atoms with E-state index in [1.54, 1.807) is 0 Å². The summed E-state index contributed by atoms with van der Waals surface area (Å²) in [6.45, 7) is 13.5. The van der Waals surface area contributed by atoms with Crippen molar-refractivity contribution in [3.63, 3.8) is 0 Å². The summed E-state index contributed by atoms with van der Waals surface area (Å²) in [5.74, 6) is 0.619. The maximum absolute atomic E-state index is 12.2. The molecule has 0 fully saturated rings. The fourth-order valence-corrected chi connectivity index (χ4v) is 2.93. The Labute approximate surface area is 141 Å². The summed E-state index contributed by atoms with van der Waals surface area (Å²) in [6.07, 6.45) is 1.09. The molecule has 4 heteroatoms. The van der Waals surface area contributed by atoms with Crippen LogP contribution in [0.1, 0.15) is 52.6 Å². The third-order valence-electron chi connectivity index (χ3n) is 4.22. The molecule has 0 aliphatic heterocycles. The van der Waals surface area contributed by atoms with Gasteiger partial charge in [0.1, 0.15) is 0 Å². The number of hydrogen-bond donors (Lipinski definition) is 2. The number of rotatable bonds is 9. The molecule has 0 aromatic heterocycles. The Morgan fingerprint density at radius 1 is 1.09 bits per heavy atom. The predicted molar refractivity (Wildman–Crippen MR) is 97.6 cm³/mol. The zero-order valence-corrected chi connectivity index (χ0v) is 15.3. The Morgan fingerprint density at radius 2 is 1.70 bits per heavy atom. The molecule has 1 aromatic rings. The van der Waals surface area contributed by atoms with Gasteiger partial charge in [0.15, 0.2) is 0 Å². The molecule has 0 aliphatic rings. The molecule has 130 valence electrons. The molecule has 2 atom stereocenters. The zero-order valence-electron chi connectivity index (χ0n) is 15.3. The van der Waals surface area contributed by atoms with Gasteiger partial charge in [-0.05, 0) is 37.9 Å². The third kappa shape index (κ3) is 7.04. The monoisotopic (exact) mass is 319 g/mol. The van der Waals surface area contributed by atoms with E-state index in [0.29, 0.717) is 18.5 Å². The topological polar surface area (TPSA) is 44.4 Å². The lowest BCUT2D eigenvalue weighted by Gasteiger charge is -2.31. The van der Waals surface area contributed by atoms with Gasteiger partial charge in [0, 0.05) is 12.6 Å². The number of nitrogens with one attached hydrogen (secondary N) is 2. The number of nitrogens with zero attached hydrogens (tertiary/aromatic N) is 1. The number of benzene rings is 1. The SMILES string of the molecule is CCN(CC)C(CNC(=O)NC(C)c1ccccc1)CC(C)C. The summed E-state index contributed by atoms with van der Waals surface area (Å²) >= 11 is 0. The molecule has 0 heterocycles. The summed E-state index contributed by atoms with van der Waals surface area (Å²) in [5.41, 5.74) is 1.12. The molecular weight excluding hydrogens is 286 g/mol. The van der Waals surface area contributed by atoms with Crippen LogP contribution in [0.3, 0.4) is 0 Å². The first-order valence-corrected chi connectivity index (χ1v) is 8.81. The van der Waals surface area contributed by atoms with Crippen LogP contribution in [0.5, 0.6) is 0 Å². The Morgan fingerprint density at radius 3 is 2.22 bits per heavy atom. The summed E-state index contributed by atoms with van der Waals surface area (Å²) in [7, 11) is 0. The summed E-state index contributed by atoms with van der Waals surface area (Å²) < 4.78 is 0. The molecule has 2 unspecified atom stereocenters. The molecule has 1 rings (SSSR count). The van der Waals surface area contributed by atoms with Crippen molar-refractivity contribution in [3.8, 4) is 0 Å². The lowest BCUT2D eigenvalue weighted by molar-refractivity contribution is 0.183. The highest BCUT2D eigenvalue weighted by molar-refractivity contribution is 5.74. The van der Waals surface area contributed by atoms with Gasteiger partial charge >= 0.3 is 6.03 Å². The van der Waals surface area contributed by atoms with Crippen LogP contribution >= 0.6 is 0 Å². The van der Waals surface area contributed by atoms with E-state index < -0.39 is 0 Å². The highest BCUT2D eigenvalue weighted by Crippen LogP contribution is 2.12. The van der Waals surface area contributed by atoms with Crippen LogP contribution in [0.2, 0.25) is 0 Å². The van der Waals surface area contributed by atoms with Crippen molar-refractivity contribution in [1.82, 2.24) is 15.5 Å². The smallest absolute Gasteiger partial charge is 0.315 e. The van der Waals surface area contributed by atoms with Crippen molar-refractivity contribution in [2.24, 2.45) is 5.92 Å². The van der Waals surface area contributed by atoms with Crippen LogP contribution in [0, 0.1) is 5.92 Å². The van der Waals surface area contributed by atoms with Gasteiger partial charge < -0.3 is 10.6 Å². The van der Waals surface area contributed by atoms with Gasteiger partial charge in [-0.1, -0.05) is 58.0 Å². The van der Waals surface area contributed by atoms with Crippen molar-refractivity contribution in [1.29, 1.82) is 0 Å². The molecule has 0 saturated heterocycles. The molecule has 2 N–H and O–H groups in total. The summed E-state index contributed by atoms with van der Waals surface area (Å²) in [4.78, 5) is 14.6. The lowest BCUT2D eigenvalue weighted by Crippen LogP contribution is -2.47. The van der Waals surface area contributed by atoms with Crippen LogP contribution in [0.15, 0.2) is 30.3 Å². The highest BCUT2D eigenvalue weighted by Gasteiger charge is 2.18. The molecule has 1 aromatic carbocycles. The van der Waals surface area contributed by atoms with Crippen molar-refractivity contribution in [2.45, 2.75) is 53.1 Å². The minimum absolute atomic E-state index is 0.00759. The number of urea groups is 1. The second-order valence-electron chi connectivity index (χ2n) is 6.49. The van der Waals surface area contributed by atoms with Gasteiger partial charge in [-0.15, -0.1) is 0 Å². The Balaban J connectivity index is 2.51.